The standard InChI is InChI=1S/C27H56N8O4.C3H8.4C2H6/c1-7-13-29-25(37)10-17-35(19-12-27(39)31-15-21-33(5)6)23-22-34(16-9-24(36)28-8-2)18-11-26(38)30-14-20-32(3)4;1-3-2;4*1-2/h7-23H2,1-6H3,(H,28,36)(H,29,37)(H,30,38)(H,31,39);3H2,1-2H3;4*1-2H3. The van der Waals surface area contributed by atoms with Gasteiger partial charge in [0.2, 0.25) is 23.6 Å². The molecule has 0 aromatic rings. The van der Waals surface area contributed by atoms with Crippen LogP contribution in [0, 0.1) is 0 Å². The SMILES string of the molecule is CC.CC.CC.CC.CCC.CCCNC(=O)CCN(CCC(=O)NCCN(C)C)CCN(CCC(=O)NCC)CCC(=O)NCCN(C)C. The van der Waals surface area contributed by atoms with E-state index in [1.807, 2.05) is 107 Å². The van der Waals surface area contributed by atoms with Crippen molar-refractivity contribution in [3.05, 3.63) is 0 Å². The Morgan fingerprint density at radius 1 is 0.400 bits per heavy atom. The first-order valence-electron chi connectivity index (χ1n) is 19.8. The number of carbonyl (C=O) groups excluding carboxylic acids is 4. The van der Waals surface area contributed by atoms with Gasteiger partial charge < -0.3 is 40.9 Å². The lowest BCUT2D eigenvalue weighted by atomic mass is 10.2. The van der Waals surface area contributed by atoms with Gasteiger partial charge in [0.25, 0.3) is 0 Å². The summed E-state index contributed by atoms with van der Waals surface area (Å²) < 4.78 is 0. The molecule has 0 bridgehead atoms. The summed E-state index contributed by atoms with van der Waals surface area (Å²) in [6.45, 7) is 31.5. The van der Waals surface area contributed by atoms with E-state index in [0.717, 1.165) is 19.5 Å². The van der Waals surface area contributed by atoms with Crippen LogP contribution in [0.15, 0.2) is 0 Å². The van der Waals surface area contributed by atoms with E-state index >= 15 is 0 Å². The zero-order valence-corrected chi connectivity index (χ0v) is 36.1. The van der Waals surface area contributed by atoms with Gasteiger partial charge >= 0.3 is 0 Å². The van der Waals surface area contributed by atoms with Crippen molar-refractivity contribution in [2.45, 2.75) is 122 Å². The van der Waals surface area contributed by atoms with Crippen molar-refractivity contribution in [1.29, 1.82) is 0 Å². The molecule has 4 amide bonds. The van der Waals surface area contributed by atoms with Gasteiger partial charge in [-0.05, 0) is 41.5 Å². The van der Waals surface area contributed by atoms with Crippen LogP contribution in [0.3, 0.4) is 0 Å². The average Bonchev–Trinajstić information content (AvgIpc) is 3.11. The second-order valence-electron chi connectivity index (χ2n) is 11.0. The Labute approximate surface area is 311 Å². The molecule has 4 N–H and O–H groups in total. The molecule has 50 heavy (non-hydrogen) atoms. The van der Waals surface area contributed by atoms with Gasteiger partial charge in [-0.3, -0.25) is 19.2 Å². The van der Waals surface area contributed by atoms with Crippen LogP contribution >= 0.6 is 0 Å². The first kappa shape index (κ1) is 59.8. The summed E-state index contributed by atoms with van der Waals surface area (Å²) in [4.78, 5) is 57.2. The lowest BCUT2D eigenvalue weighted by molar-refractivity contribution is -0.123. The lowest BCUT2D eigenvalue weighted by Crippen LogP contribution is -2.42. The molecule has 0 saturated carbocycles. The maximum atomic E-state index is 12.4. The quantitative estimate of drug-likeness (QED) is 0.113. The number of hydrogen-bond donors (Lipinski definition) is 4. The third-order valence-electron chi connectivity index (χ3n) is 6.06. The fourth-order valence-corrected chi connectivity index (χ4v) is 3.65. The van der Waals surface area contributed by atoms with E-state index in [4.69, 9.17) is 0 Å². The Hall–Kier alpha value is -2.28. The summed E-state index contributed by atoms with van der Waals surface area (Å²) in [5.41, 5.74) is 0. The van der Waals surface area contributed by atoms with E-state index in [1.165, 1.54) is 6.42 Å². The molecule has 304 valence electrons. The van der Waals surface area contributed by atoms with Crippen LogP contribution in [0.1, 0.15) is 122 Å². The van der Waals surface area contributed by atoms with Crippen LogP contribution in [0.25, 0.3) is 0 Å². The highest BCUT2D eigenvalue weighted by atomic mass is 16.2. The predicted molar refractivity (Wildman–Crippen MR) is 218 cm³/mol. The Morgan fingerprint density at radius 3 is 0.900 bits per heavy atom. The molecular formula is C38H88N8O4. The topological polar surface area (TPSA) is 129 Å². The van der Waals surface area contributed by atoms with Gasteiger partial charge in [-0.2, -0.15) is 0 Å². The maximum absolute atomic E-state index is 12.4. The van der Waals surface area contributed by atoms with Gasteiger partial charge in [-0.15, -0.1) is 0 Å². The Balaban J connectivity index is -0.000000394. The van der Waals surface area contributed by atoms with Crippen molar-refractivity contribution in [2.75, 3.05) is 107 Å². The number of carbonyl (C=O) groups is 4. The molecule has 0 aliphatic rings. The summed E-state index contributed by atoms with van der Waals surface area (Å²) in [7, 11) is 7.84. The Morgan fingerprint density at radius 2 is 0.660 bits per heavy atom. The zero-order valence-electron chi connectivity index (χ0n) is 36.1. The number of likely N-dealkylation sites (N-methyl/N-ethyl adjacent to an activating group) is 2. The van der Waals surface area contributed by atoms with E-state index in [-0.39, 0.29) is 23.6 Å². The van der Waals surface area contributed by atoms with Crippen LogP contribution in [0.2, 0.25) is 0 Å². The van der Waals surface area contributed by atoms with Gasteiger partial charge in [0, 0.05) is 104 Å². The fourth-order valence-electron chi connectivity index (χ4n) is 3.65. The molecule has 0 spiro atoms. The summed E-state index contributed by atoms with van der Waals surface area (Å²) >= 11 is 0. The molecule has 12 nitrogen and oxygen atoms in total. The van der Waals surface area contributed by atoms with Gasteiger partial charge in [0.05, 0.1) is 0 Å². The van der Waals surface area contributed by atoms with Gasteiger partial charge in [0.15, 0.2) is 0 Å². The molecule has 0 aliphatic heterocycles. The zero-order chi connectivity index (χ0) is 40.2. The number of nitrogens with zero attached hydrogens (tertiary/aromatic N) is 4. The number of hydrogen-bond acceptors (Lipinski definition) is 8. The normalized spacial score (nSPS) is 9.68. The molecule has 0 aromatic heterocycles. The van der Waals surface area contributed by atoms with Gasteiger partial charge in [0.1, 0.15) is 0 Å². The minimum atomic E-state index is -0.0169. The highest BCUT2D eigenvalue weighted by Gasteiger charge is 2.15. The number of amides is 4. The Kier molecular flexibility index (Phi) is 61.2. The van der Waals surface area contributed by atoms with Crippen LogP contribution in [0.4, 0.5) is 0 Å². The van der Waals surface area contributed by atoms with Crippen LogP contribution in [-0.2, 0) is 19.2 Å². The van der Waals surface area contributed by atoms with Crippen LogP contribution < -0.4 is 21.3 Å². The lowest BCUT2D eigenvalue weighted by Gasteiger charge is -2.27. The smallest absolute Gasteiger partial charge is 0.221 e. The summed E-state index contributed by atoms with van der Waals surface area (Å²) in [6.07, 6.45) is 3.53. The fraction of sp³-hybridized carbons (Fsp3) is 0.895. The van der Waals surface area contributed by atoms with E-state index in [2.05, 4.69) is 44.9 Å². The molecular weight excluding hydrogens is 632 g/mol. The van der Waals surface area contributed by atoms with Crippen molar-refractivity contribution in [3.8, 4) is 0 Å². The second-order valence-corrected chi connectivity index (χ2v) is 11.0. The van der Waals surface area contributed by atoms with E-state index < -0.39 is 0 Å². The largest absolute Gasteiger partial charge is 0.356 e. The summed E-state index contributed by atoms with van der Waals surface area (Å²) in [6, 6.07) is 0. The van der Waals surface area contributed by atoms with Crippen LogP contribution in [-0.4, -0.2) is 150 Å². The molecule has 0 unspecified atom stereocenters. The molecule has 0 heterocycles. The number of nitrogens with one attached hydrogen (secondary N) is 4. The molecule has 0 fully saturated rings. The first-order valence-corrected chi connectivity index (χ1v) is 19.8. The Bertz CT molecular complexity index is 710. The molecule has 0 saturated heterocycles. The molecule has 0 rings (SSSR count). The molecule has 0 aromatic carbocycles. The minimum Gasteiger partial charge on any atom is -0.356 e. The average molecular weight is 721 g/mol. The molecule has 12 heteroatoms. The molecule has 0 atom stereocenters. The van der Waals surface area contributed by atoms with Gasteiger partial charge in [-0.1, -0.05) is 82.6 Å². The van der Waals surface area contributed by atoms with Crippen LogP contribution in [0.5, 0.6) is 0 Å². The molecule has 0 radical (unpaired) electrons. The molecule has 0 aliphatic carbocycles. The summed E-state index contributed by atoms with van der Waals surface area (Å²) in [5, 5.41) is 11.6. The van der Waals surface area contributed by atoms with Crippen molar-refractivity contribution in [3.63, 3.8) is 0 Å². The van der Waals surface area contributed by atoms with E-state index in [1.54, 1.807) is 0 Å². The summed E-state index contributed by atoms with van der Waals surface area (Å²) in [5.74, 6) is -0.0463. The third kappa shape index (κ3) is 52.5. The third-order valence-corrected chi connectivity index (χ3v) is 6.06. The van der Waals surface area contributed by atoms with Crippen molar-refractivity contribution < 1.29 is 19.2 Å². The highest BCUT2D eigenvalue weighted by molar-refractivity contribution is 5.77. The highest BCUT2D eigenvalue weighted by Crippen LogP contribution is 2.01. The predicted octanol–water partition coefficient (Wildman–Crippen LogP) is 4.69. The van der Waals surface area contributed by atoms with E-state index in [9.17, 15) is 19.2 Å². The van der Waals surface area contributed by atoms with Crippen molar-refractivity contribution >= 4 is 23.6 Å². The van der Waals surface area contributed by atoms with Crippen molar-refractivity contribution in [1.82, 2.24) is 40.9 Å². The van der Waals surface area contributed by atoms with Gasteiger partial charge in [-0.25, -0.2) is 0 Å². The maximum Gasteiger partial charge on any atom is 0.221 e. The minimum absolute atomic E-state index is 0.000211. The first-order chi connectivity index (χ1) is 24.0. The monoisotopic (exact) mass is 721 g/mol. The second kappa shape index (κ2) is 51.1. The van der Waals surface area contributed by atoms with Crippen molar-refractivity contribution in [2.24, 2.45) is 0 Å². The number of rotatable bonds is 24. The van der Waals surface area contributed by atoms with E-state index in [0.29, 0.717) is 91.1 Å².